The molecule has 3 aliphatic heterocycles. The number of hydrogen-bond acceptors (Lipinski definition) is 5. The number of likely N-dealkylation sites (tertiary alicyclic amines) is 2. The fraction of sp³-hybridized carbons (Fsp3) is 0.324. The third kappa shape index (κ3) is 4.26. The fourth-order valence-electron chi connectivity index (χ4n) is 7.17. The minimum atomic E-state index is -1.43. The Morgan fingerprint density at radius 2 is 1.69 bits per heavy atom. The minimum absolute atomic E-state index is 0.00382. The highest BCUT2D eigenvalue weighted by molar-refractivity contribution is 6.31. The molecule has 1 N–H and O–H groups in total. The summed E-state index contributed by atoms with van der Waals surface area (Å²) in [6, 6.07) is 24.6. The van der Waals surface area contributed by atoms with Gasteiger partial charge >= 0.3 is 6.09 Å². The second kappa shape index (κ2) is 10.1. The number of rotatable bonds is 2. The van der Waals surface area contributed by atoms with Gasteiger partial charge in [0.05, 0.1) is 12.0 Å². The second-order valence-electron chi connectivity index (χ2n) is 12.4. The highest BCUT2D eigenvalue weighted by Crippen LogP contribution is 2.64. The summed E-state index contributed by atoms with van der Waals surface area (Å²) in [5.41, 5.74) is -0.124. The van der Waals surface area contributed by atoms with Gasteiger partial charge in [0, 0.05) is 40.9 Å². The van der Waals surface area contributed by atoms with Crippen molar-refractivity contribution in [2.45, 2.75) is 37.8 Å². The lowest BCUT2D eigenvalue weighted by Gasteiger charge is -2.51. The van der Waals surface area contributed by atoms with Gasteiger partial charge in [0.1, 0.15) is 11.1 Å². The van der Waals surface area contributed by atoms with E-state index in [0.717, 1.165) is 11.1 Å². The summed E-state index contributed by atoms with van der Waals surface area (Å²) in [7, 11) is 1.88. The van der Waals surface area contributed by atoms with Crippen molar-refractivity contribution in [1.29, 1.82) is 0 Å². The van der Waals surface area contributed by atoms with Crippen LogP contribution in [0.15, 0.2) is 84.4 Å². The molecule has 3 atom stereocenters. The molecule has 42 heavy (non-hydrogen) atoms. The molecule has 0 saturated carbocycles. The highest BCUT2D eigenvalue weighted by atomic mass is 35.5. The molecule has 2 spiro atoms. The maximum Gasteiger partial charge on any atom is 0.410 e. The predicted octanol–water partition coefficient (Wildman–Crippen LogP) is 6.11. The molecule has 0 radical (unpaired) electrons. The summed E-state index contributed by atoms with van der Waals surface area (Å²) in [6.07, 6.45) is 1.30. The standard InChI is InChI=1S/C34H34ClN3O4/c1-32(2,3)42-31(41)38-19-24(17-22-11-7-5-8-12-22)29(39)33(21-38)27(23-13-9-6-10-14-23)20-37(4)34(33)26-18-25(35)15-16-28(26)36-30(34)40/h5-18,27H,19-21H2,1-4H3,(H,36,40)/b24-17+/t27-,33+,34+/m1/s1. The van der Waals surface area contributed by atoms with Gasteiger partial charge in [0.2, 0.25) is 0 Å². The van der Waals surface area contributed by atoms with Crippen molar-refractivity contribution in [3.05, 3.63) is 106 Å². The van der Waals surface area contributed by atoms with Gasteiger partial charge in [-0.3, -0.25) is 14.5 Å². The first kappa shape index (κ1) is 28.2. The number of ether oxygens (including phenoxy) is 1. The average molecular weight is 584 g/mol. The molecule has 8 heteroatoms. The van der Waals surface area contributed by atoms with Crippen molar-refractivity contribution in [1.82, 2.24) is 9.80 Å². The molecule has 3 aromatic carbocycles. The number of amides is 2. The maximum absolute atomic E-state index is 15.3. The molecule has 3 aliphatic rings. The molecule has 2 fully saturated rings. The first-order valence-electron chi connectivity index (χ1n) is 14.1. The van der Waals surface area contributed by atoms with E-state index in [4.69, 9.17) is 16.3 Å². The SMILES string of the molecule is CN1C[C@H](c2ccccc2)[C@]2(CN(C(=O)OC(C)(C)C)C/C(=C\c3ccccc3)C2=O)[C@]12C(=O)Nc1ccc(Cl)cc12. The van der Waals surface area contributed by atoms with E-state index in [1.807, 2.05) is 99.5 Å². The third-order valence-corrected chi connectivity index (χ3v) is 8.95. The van der Waals surface area contributed by atoms with E-state index in [9.17, 15) is 9.59 Å². The number of hydrogen-bond donors (Lipinski definition) is 1. The lowest BCUT2D eigenvalue weighted by molar-refractivity contribution is -0.146. The number of carbonyl (C=O) groups is 3. The smallest absolute Gasteiger partial charge is 0.410 e. The zero-order chi connectivity index (χ0) is 29.9. The molecule has 0 aromatic heterocycles. The van der Waals surface area contributed by atoms with Gasteiger partial charge in [-0.1, -0.05) is 72.3 Å². The number of benzene rings is 3. The van der Waals surface area contributed by atoms with Gasteiger partial charge in [0.15, 0.2) is 5.78 Å². The molecule has 2 amide bonds. The maximum atomic E-state index is 15.3. The molecule has 3 heterocycles. The summed E-state index contributed by atoms with van der Waals surface area (Å²) in [6.45, 7) is 5.92. The van der Waals surface area contributed by atoms with Crippen molar-refractivity contribution in [2.24, 2.45) is 5.41 Å². The van der Waals surface area contributed by atoms with Gasteiger partial charge in [-0.05, 0) is 63.2 Å². The number of ketones is 1. The molecule has 2 saturated heterocycles. The molecule has 0 unspecified atom stereocenters. The number of Topliss-reactive ketones (excluding diaryl/α,β-unsaturated/α-hetero) is 1. The van der Waals surface area contributed by atoms with E-state index in [1.165, 1.54) is 0 Å². The zero-order valence-electron chi connectivity index (χ0n) is 24.2. The monoisotopic (exact) mass is 583 g/mol. The molecule has 0 aliphatic carbocycles. The van der Waals surface area contributed by atoms with E-state index in [1.54, 1.807) is 23.1 Å². The zero-order valence-corrected chi connectivity index (χ0v) is 24.9. The van der Waals surface area contributed by atoms with Gasteiger partial charge in [-0.2, -0.15) is 0 Å². The van der Waals surface area contributed by atoms with Gasteiger partial charge in [0.25, 0.3) is 5.91 Å². The summed E-state index contributed by atoms with van der Waals surface area (Å²) in [4.78, 5) is 47.1. The van der Waals surface area contributed by atoms with E-state index in [2.05, 4.69) is 5.32 Å². The molecule has 6 rings (SSSR count). The number of nitrogens with zero attached hydrogens (tertiary/aromatic N) is 2. The Bertz CT molecular complexity index is 1600. The van der Waals surface area contributed by atoms with Crippen LogP contribution in [0.5, 0.6) is 0 Å². The highest BCUT2D eigenvalue weighted by Gasteiger charge is 2.75. The number of fused-ring (bicyclic) bond motifs is 3. The van der Waals surface area contributed by atoms with E-state index < -0.39 is 28.6 Å². The number of anilines is 1. The minimum Gasteiger partial charge on any atom is -0.444 e. The number of halogens is 1. The Kier molecular flexibility index (Phi) is 6.78. The Morgan fingerprint density at radius 1 is 1.02 bits per heavy atom. The Labute approximate surface area is 251 Å². The molecule has 3 aromatic rings. The average Bonchev–Trinajstić information content (AvgIpc) is 3.39. The Hall–Kier alpha value is -3.94. The van der Waals surface area contributed by atoms with Crippen LogP contribution in [-0.2, 0) is 19.9 Å². The van der Waals surface area contributed by atoms with E-state index in [-0.39, 0.29) is 24.8 Å². The Balaban J connectivity index is 1.65. The largest absolute Gasteiger partial charge is 0.444 e. The van der Waals surface area contributed by atoms with Crippen LogP contribution in [0.1, 0.15) is 43.4 Å². The number of carbonyl (C=O) groups excluding carboxylic acids is 3. The van der Waals surface area contributed by atoms with Crippen molar-refractivity contribution in [2.75, 3.05) is 32.0 Å². The quantitative estimate of drug-likeness (QED) is 0.369. The predicted molar refractivity (Wildman–Crippen MR) is 163 cm³/mol. The topological polar surface area (TPSA) is 79.0 Å². The molecular formula is C34H34ClN3O4. The van der Waals surface area contributed by atoms with Crippen LogP contribution in [0, 0.1) is 5.41 Å². The normalized spacial score (nSPS) is 26.6. The molecular weight excluding hydrogens is 550 g/mol. The summed E-state index contributed by atoms with van der Waals surface area (Å²) in [5, 5.41) is 3.51. The van der Waals surface area contributed by atoms with E-state index in [0.29, 0.717) is 28.4 Å². The second-order valence-corrected chi connectivity index (χ2v) is 12.9. The van der Waals surface area contributed by atoms with Crippen LogP contribution in [0.3, 0.4) is 0 Å². The van der Waals surface area contributed by atoms with Crippen molar-refractivity contribution in [3.8, 4) is 0 Å². The molecule has 0 bridgehead atoms. The third-order valence-electron chi connectivity index (χ3n) is 8.71. The number of likely N-dealkylation sites (N-methyl/N-ethyl adjacent to an activating group) is 1. The number of nitrogens with one attached hydrogen (secondary N) is 1. The molecule has 216 valence electrons. The van der Waals surface area contributed by atoms with Gasteiger partial charge in [-0.25, -0.2) is 4.79 Å². The summed E-state index contributed by atoms with van der Waals surface area (Å²) in [5.74, 6) is -0.886. The van der Waals surface area contributed by atoms with Crippen LogP contribution in [0.4, 0.5) is 10.5 Å². The van der Waals surface area contributed by atoms with E-state index >= 15 is 4.79 Å². The number of piperidine rings is 1. The van der Waals surface area contributed by atoms with Crippen LogP contribution < -0.4 is 5.32 Å². The molecule has 7 nitrogen and oxygen atoms in total. The van der Waals surface area contributed by atoms with Crippen LogP contribution >= 0.6 is 11.6 Å². The fourth-order valence-corrected chi connectivity index (χ4v) is 7.35. The van der Waals surface area contributed by atoms with Gasteiger partial charge in [-0.15, -0.1) is 0 Å². The Morgan fingerprint density at radius 3 is 2.36 bits per heavy atom. The van der Waals surface area contributed by atoms with Crippen molar-refractivity contribution < 1.29 is 19.1 Å². The lowest BCUT2D eigenvalue weighted by Crippen LogP contribution is -2.66. The van der Waals surface area contributed by atoms with Crippen LogP contribution in [0.25, 0.3) is 6.08 Å². The van der Waals surface area contributed by atoms with Crippen LogP contribution in [-0.4, -0.2) is 59.9 Å². The lowest BCUT2D eigenvalue weighted by atomic mass is 9.56. The van der Waals surface area contributed by atoms with Gasteiger partial charge < -0.3 is 15.0 Å². The van der Waals surface area contributed by atoms with Crippen molar-refractivity contribution in [3.63, 3.8) is 0 Å². The summed E-state index contributed by atoms with van der Waals surface area (Å²) < 4.78 is 5.86. The summed E-state index contributed by atoms with van der Waals surface area (Å²) >= 11 is 6.55. The van der Waals surface area contributed by atoms with Crippen LogP contribution in [0.2, 0.25) is 5.02 Å². The first-order chi connectivity index (χ1) is 20.0. The first-order valence-corrected chi connectivity index (χ1v) is 14.5. The van der Waals surface area contributed by atoms with Crippen molar-refractivity contribution >= 4 is 41.1 Å².